The van der Waals surface area contributed by atoms with Crippen LogP contribution in [0.25, 0.3) is 0 Å². The number of aliphatic hydroxyl groups excluding tert-OH is 2. The van der Waals surface area contributed by atoms with Crippen LogP contribution in [0.15, 0.2) is 0 Å². The fourth-order valence-electron chi connectivity index (χ4n) is 8.26. The second kappa shape index (κ2) is 45.9. The van der Waals surface area contributed by atoms with Crippen molar-refractivity contribution in [1.29, 1.82) is 0 Å². The van der Waals surface area contributed by atoms with Crippen molar-refractivity contribution in [3.05, 3.63) is 0 Å². The lowest BCUT2D eigenvalue weighted by Crippen LogP contribution is -2.46. The van der Waals surface area contributed by atoms with E-state index in [0.29, 0.717) is 19.3 Å². The first kappa shape index (κ1) is 55.9. The highest BCUT2D eigenvalue weighted by Gasteiger charge is 2.24. The third kappa shape index (κ3) is 41.4. The average molecular weight is 808 g/mol. The molecule has 0 saturated heterocycles. The molecule has 0 aromatic rings. The number of rotatable bonds is 47. The van der Waals surface area contributed by atoms with Crippen molar-refractivity contribution >= 4 is 11.9 Å². The number of ether oxygens (including phenoxy) is 1. The maximum absolute atomic E-state index is 13.2. The molecule has 1 amide bonds. The molecule has 0 fully saturated rings. The molecule has 6 nitrogen and oxygen atoms in total. The Morgan fingerprint density at radius 3 is 1.07 bits per heavy atom. The topological polar surface area (TPSA) is 95.9 Å². The van der Waals surface area contributed by atoms with Gasteiger partial charge in [0.1, 0.15) is 6.10 Å². The first-order valence-electron chi connectivity index (χ1n) is 25.8. The van der Waals surface area contributed by atoms with Gasteiger partial charge in [0, 0.05) is 6.42 Å². The van der Waals surface area contributed by atoms with Crippen LogP contribution in [-0.2, 0) is 14.3 Å². The van der Waals surface area contributed by atoms with Crippen LogP contribution in [0.2, 0.25) is 0 Å². The SMILES string of the molecule is CCCCCCCCCCCCCCCCCCCC(=O)OC(CCCCCCCCCCCCCC)CC(=O)NC(CO)C(O)CCCCCCCCCCC. The Balaban J connectivity index is 4.45. The Morgan fingerprint density at radius 2 is 0.737 bits per heavy atom. The lowest BCUT2D eigenvalue weighted by molar-refractivity contribution is -0.151. The molecule has 57 heavy (non-hydrogen) atoms. The fraction of sp³-hybridized carbons (Fsp3) is 0.961. The van der Waals surface area contributed by atoms with Crippen molar-refractivity contribution in [2.75, 3.05) is 6.61 Å². The number of amides is 1. The zero-order valence-corrected chi connectivity index (χ0v) is 38.8. The highest BCUT2D eigenvalue weighted by Crippen LogP contribution is 2.19. The van der Waals surface area contributed by atoms with Crippen LogP contribution in [0, 0.1) is 0 Å². The zero-order chi connectivity index (χ0) is 41.7. The molecule has 0 bridgehead atoms. The fourth-order valence-corrected chi connectivity index (χ4v) is 8.26. The number of aliphatic hydroxyl groups is 2. The largest absolute Gasteiger partial charge is 0.462 e. The van der Waals surface area contributed by atoms with Gasteiger partial charge in [0.2, 0.25) is 5.91 Å². The normalized spacial score (nSPS) is 13.1. The van der Waals surface area contributed by atoms with Crippen molar-refractivity contribution in [2.45, 2.75) is 309 Å². The summed E-state index contributed by atoms with van der Waals surface area (Å²) in [6.07, 6.45) is 48.8. The minimum absolute atomic E-state index is 0.0874. The lowest BCUT2D eigenvalue weighted by Gasteiger charge is -2.24. The van der Waals surface area contributed by atoms with Crippen molar-refractivity contribution in [3.8, 4) is 0 Å². The molecule has 0 spiro atoms. The summed E-state index contributed by atoms with van der Waals surface area (Å²) in [5, 5.41) is 23.7. The number of unbranched alkanes of at least 4 members (excludes halogenated alkanes) is 35. The Labute approximate surface area is 356 Å². The van der Waals surface area contributed by atoms with Gasteiger partial charge < -0.3 is 20.3 Å². The van der Waals surface area contributed by atoms with Crippen LogP contribution in [-0.4, -0.2) is 46.9 Å². The Hall–Kier alpha value is -1.14. The van der Waals surface area contributed by atoms with Gasteiger partial charge in [-0.05, 0) is 25.7 Å². The van der Waals surface area contributed by atoms with Crippen LogP contribution in [0.4, 0.5) is 0 Å². The molecular weight excluding hydrogens is 707 g/mol. The van der Waals surface area contributed by atoms with Gasteiger partial charge in [-0.25, -0.2) is 0 Å². The molecular formula is C51H101NO5. The van der Waals surface area contributed by atoms with Crippen LogP contribution in [0.5, 0.6) is 0 Å². The predicted molar refractivity (Wildman–Crippen MR) is 246 cm³/mol. The highest BCUT2D eigenvalue weighted by atomic mass is 16.5. The quantitative estimate of drug-likeness (QED) is 0.0420. The average Bonchev–Trinajstić information content (AvgIpc) is 3.20. The van der Waals surface area contributed by atoms with Crippen molar-refractivity contribution in [3.63, 3.8) is 0 Å². The molecule has 0 heterocycles. The van der Waals surface area contributed by atoms with E-state index >= 15 is 0 Å². The maximum atomic E-state index is 13.2. The van der Waals surface area contributed by atoms with Crippen LogP contribution in [0.3, 0.4) is 0 Å². The van der Waals surface area contributed by atoms with Crippen molar-refractivity contribution in [2.24, 2.45) is 0 Å². The first-order chi connectivity index (χ1) is 28.0. The summed E-state index contributed by atoms with van der Waals surface area (Å²) >= 11 is 0. The maximum Gasteiger partial charge on any atom is 0.306 e. The zero-order valence-electron chi connectivity index (χ0n) is 38.8. The summed E-state index contributed by atoms with van der Waals surface area (Å²) in [6.45, 7) is 6.49. The number of nitrogens with one attached hydrogen (secondary N) is 1. The van der Waals surface area contributed by atoms with E-state index in [1.165, 1.54) is 205 Å². The van der Waals surface area contributed by atoms with E-state index in [-0.39, 0.29) is 24.9 Å². The molecule has 0 radical (unpaired) electrons. The van der Waals surface area contributed by atoms with E-state index < -0.39 is 18.2 Å². The summed E-state index contributed by atoms with van der Waals surface area (Å²) in [5.41, 5.74) is 0. The van der Waals surface area contributed by atoms with E-state index in [1.54, 1.807) is 0 Å². The van der Waals surface area contributed by atoms with Crippen LogP contribution < -0.4 is 5.32 Å². The number of hydrogen-bond donors (Lipinski definition) is 3. The van der Waals surface area contributed by atoms with E-state index in [4.69, 9.17) is 4.74 Å². The minimum atomic E-state index is -0.777. The summed E-state index contributed by atoms with van der Waals surface area (Å²) < 4.78 is 5.93. The second-order valence-corrected chi connectivity index (χ2v) is 17.9. The molecule has 0 aliphatic heterocycles. The van der Waals surface area contributed by atoms with Gasteiger partial charge in [-0.3, -0.25) is 9.59 Å². The molecule has 3 atom stereocenters. The van der Waals surface area contributed by atoms with E-state index in [2.05, 4.69) is 26.1 Å². The van der Waals surface area contributed by atoms with Gasteiger partial charge in [-0.15, -0.1) is 0 Å². The van der Waals surface area contributed by atoms with Gasteiger partial charge in [0.15, 0.2) is 0 Å². The van der Waals surface area contributed by atoms with Gasteiger partial charge in [-0.2, -0.15) is 0 Å². The smallest absolute Gasteiger partial charge is 0.306 e. The number of hydrogen-bond acceptors (Lipinski definition) is 5. The highest BCUT2D eigenvalue weighted by molar-refractivity contribution is 5.77. The molecule has 6 heteroatoms. The van der Waals surface area contributed by atoms with Crippen LogP contribution in [0.1, 0.15) is 290 Å². The van der Waals surface area contributed by atoms with Gasteiger partial charge in [0.25, 0.3) is 0 Å². The summed E-state index contributed by atoms with van der Waals surface area (Å²) in [4.78, 5) is 26.1. The molecule has 340 valence electrons. The third-order valence-corrected chi connectivity index (χ3v) is 12.2. The molecule has 0 aliphatic rings. The van der Waals surface area contributed by atoms with Crippen molar-refractivity contribution < 1.29 is 24.5 Å². The Kier molecular flexibility index (Phi) is 45.0. The Bertz CT molecular complexity index is 821. The monoisotopic (exact) mass is 808 g/mol. The molecule has 0 aliphatic carbocycles. The third-order valence-electron chi connectivity index (χ3n) is 12.2. The van der Waals surface area contributed by atoms with Gasteiger partial charge in [0.05, 0.1) is 25.2 Å². The molecule has 3 unspecified atom stereocenters. The standard InChI is InChI=1S/C51H101NO5/c1-4-7-10-13-16-19-21-23-24-25-26-27-29-32-35-38-41-44-51(56)57-47(42-39-36-33-31-28-22-20-17-14-11-8-5-2)45-50(55)52-48(46-53)49(54)43-40-37-34-30-18-15-12-9-6-3/h47-49,53-54H,4-46H2,1-3H3,(H,52,55). The van der Waals surface area contributed by atoms with E-state index in [0.717, 1.165) is 38.5 Å². The summed E-state index contributed by atoms with van der Waals surface area (Å²) in [7, 11) is 0. The molecule has 0 aromatic heterocycles. The molecule has 3 N–H and O–H groups in total. The molecule has 0 saturated carbocycles. The van der Waals surface area contributed by atoms with Gasteiger partial charge >= 0.3 is 5.97 Å². The molecule has 0 aromatic carbocycles. The first-order valence-corrected chi connectivity index (χ1v) is 25.8. The minimum Gasteiger partial charge on any atom is -0.462 e. The number of carbonyl (C=O) groups excluding carboxylic acids is 2. The molecule has 0 rings (SSSR count). The summed E-state index contributed by atoms with van der Waals surface area (Å²) in [6, 6.07) is -0.690. The second-order valence-electron chi connectivity index (χ2n) is 17.9. The summed E-state index contributed by atoms with van der Waals surface area (Å²) in [5.74, 6) is -0.452. The van der Waals surface area contributed by atoms with Crippen molar-refractivity contribution in [1.82, 2.24) is 5.32 Å². The van der Waals surface area contributed by atoms with E-state index in [1.807, 2.05) is 0 Å². The van der Waals surface area contributed by atoms with Crippen LogP contribution >= 0.6 is 0 Å². The predicted octanol–water partition coefficient (Wildman–Crippen LogP) is 15.2. The van der Waals surface area contributed by atoms with Gasteiger partial charge in [-0.1, -0.05) is 252 Å². The lowest BCUT2D eigenvalue weighted by atomic mass is 10.0. The number of carbonyl (C=O) groups is 2. The number of esters is 1. The van der Waals surface area contributed by atoms with E-state index in [9.17, 15) is 19.8 Å². The Morgan fingerprint density at radius 1 is 0.439 bits per heavy atom.